The zero-order valence-corrected chi connectivity index (χ0v) is 55.7. The molecule has 0 aromatic heterocycles. The van der Waals surface area contributed by atoms with Gasteiger partial charge in [-0.2, -0.15) is 0 Å². The van der Waals surface area contributed by atoms with Gasteiger partial charge in [0.2, 0.25) is 0 Å². The van der Waals surface area contributed by atoms with Crippen molar-refractivity contribution in [2.24, 2.45) is 0 Å². The minimum absolute atomic E-state index is 0.295. The summed E-state index contributed by atoms with van der Waals surface area (Å²) in [6.07, 6.45) is 3.64. The predicted octanol–water partition coefficient (Wildman–Crippen LogP) is 23.3. The molecule has 4 nitrogen and oxygen atoms in total. The molecule has 17 rings (SSSR count). The van der Waals surface area contributed by atoms with Gasteiger partial charge in [-0.15, -0.1) is 0 Å². The first-order valence-electron chi connectivity index (χ1n) is 33.5. The van der Waals surface area contributed by atoms with E-state index < -0.39 is 18.9 Å². The number of para-hydroxylation sites is 2. The maximum atomic E-state index is 15.3. The maximum absolute atomic E-state index is 15.3. The molecule has 7 heteroatoms. The topological polar surface area (TPSA) is 24.9 Å². The number of fused-ring (bicyclic) bond motifs is 9. The standard InChI is InChI=1S/C92H66F2N2O2Si/c1-5-61-25-45-75(46-26-61)97-77-49-33-65(34-50-77)91(63-29-37-67(93)38-30-63)85-23-15-13-21-79(85)81-53-41-73(59-87(81)91)95(69-17-9-7-10-18-69)71-43-55-89-83(57-71)84-58-72(44-56-90(84)99(89,3)4)96(70-19-11-8-12-20-70)74-42-54-82-80-22-14-16-24-86(80)92(88(82)60-74,64-31-39-68(94)40-32-64)66-35-51-78(52-36-66)98-76-47-27-62(6-2)28-48-76/h5-60H,1-2H2,3-4H3. The first kappa shape index (κ1) is 60.5. The lowest BCUT2D eigenvalue weighted by Gasteiger charge is -2.35. The molecule has 2 atom stereocenters. The number of anilines is 6. The lowest BCUT2D eigenvalue weighted by molar-refractivity contribution is 0.482. The van der Waals surface area contributed by atoms with E-state index in [0.717, 1.165) is 124 Å². The van der Waals surface area contributed by atoms with Crippen LogP contribution in [-0.4, -0.2) is 8.07 Å². The van der Waals surface area contributed by atoms with E-state index in [1.54, 1.807) is 24.3 Å². The highest BCUT2D eigenvalue weighted by Crippen LogP contribution is 2.60. The normalized spacial score (nSPS) is 15.5. The first-order valence-corrected chi connectivity index (χ1v) is 36.5. The van der Waals surface area contributed by atoms with Crippen LogP contribution in [0.1, 0.15) is 55.6 Å². The molecule has 1 heterocycles. The van der Waals surface area contributed by atoms with Gasteiger partial charge in [-0.3, -0.25) is 0 Å². The monoisotopic (exact) mass is 1300 g/mol. The molecular formula is C92H66F2N2O2Si. The van der Waals surface area contributed by atoms with Crippen molar-refractivity contribution < 1.29 is 18.3 Å². The second-order valence-electron chi connectivity index (χ2n) is 26.3. The number of hydrogen-bond acceptors (Lipinski definition) is 4. The average molecular weight is 1300 g/mol. The van der Waals surface area contributed by atoms with Crippen molar-refractivity contribution >= 4 is 64.7 Å². The fourth-order valence-electron chi connectivity index (χ4n) is 16.0. The smallest absolute Gasteiger partial charge is 0.127 e. The lowest BCUT2D eigenvalue weighted by atomic mass is 9.67. The molecular weight excluding hydrogens is 1230 g/mol. The van der Waals surface area contributed by atoms with Crippen LogP contribution in [0.25, 0.3) is 45.5 Å². The molecule has 0 bridgehead atoms. The van der Waals surface area contributed by atoms with Crippen LogP contribution in [0.2, 0.25) is 13.1 Å². The third kappa shape index (κ3) is 9.98. The van der Waals surface area contributed by atoms with Gasteiger partial charge in [0.05, 0.1) is 10.8 Å². The zero-order valence-electron chi connectivity index (χ0n) is 54.7. The summed E-state index contributed by atoms with van der Waals surface area (Å²) in [5.74, 6) is 2.28. The third-order valence-electron chi connectivity index (χ3n) is 20.6. The SMILES string of the molecule is C=Cc1ccc(Oc2ccc(C3(c4ccc(F)cc4)c4ccccc4-c4ccc(N(c5ccccc5)c5ccc6c(c5)-c5cc(N(c7ccccc7)c7ccc8c(c7)C(c7ccc(F)cc7)(c7ccc(Oc9ccc(C=C)cc9)cc7)c7ccccc7-8)ccc5[Si]6(C)C)cc43)cc2)cc1. The molecule has 2 unspecified atom stereocenters. The van der Waals surface area contributed by atoms with Gasteiger partial charge in [0.25, 0.3) is 0 Å². The van der Waals surface area contributed by atoms with Gasteiger partial charge in [0.1, 0.15) is 42.7 Å². The van der Waals surface area contributed by atoms with Crippen molar-refractivity contribution in [3.8, 4) is 56.4 Å². The van der Waals surface area contributed by atoms with Crippen molar-refractivity contribution in [2.45, 2.75) is 23.9 Å². The molecule has 1 aliphatic heterocycles. The third-order valence-corrected chi connectivity index (χ3v) is 24.2. The fraction of sp³-hybridized carbons (Fsp3) is 0.0435. The van der Waals surface area contributed by atoms with Crippen molar-refractivity contribution in [1.82, 2.24) is 0 Å². The Kier molecular flexibility index (Phi) is 14.8. The van der Waals surface area contributed by atoms with Crippen molar-refractivity contribution in [1.29, 1.82) is 0 Å². The quantitative estimate of drug-likeness (QED) is 0.0900. The van der Waals surface area contributed by atoms with Crippen LogP contribution >= 0.6 is 0 Å². The molecule has 0 saturated carbocycles. The molecule has 0 fully saturated rings. The van der Waals surface area contributed by atoms with E-state index in [2.05, 4.69) is 242 Å². The Bertz CT molecular complexity index is 5110. The van der Waals surface area contributed by atoms with Gasteiger partial charge in [-0.25, -0.2) is 8.78 Å². The van der Waals surface area contributed by atoms with Crippen molar-refractivity contribution in [3.63, 3.8) is 0 Å². The minimum Gasteiger partial charge on any atom is -0.457 e. The van der Waals surface area contributed by atoms with E-state index in [4.69, 9.17) is 9.47 Å². The molecule has 14 aromatic carbocycles. The zero-order chi connectivity index (χ0) is 67.0. The van der Waals surface area contributed by atoms with Crippen molar-refractivity contribution in [2.75, 3.05) is 9.80 Å². The van der Waals surface area contributed by atoms with Crippen LogP contribution in [-0.2, 0) is 10.8 Å². The highest BCUT2D eigenvalue weighted by atomic mass is 28.3. The molecule has 99 heavy (non-hydrogen) atoms. The van der Waals surface area contributed by atoms with Crippen LogP contribution in [0.3, 0.4) is 0 Å². The number of hydrogen-bond donors (Lipinski definition) is 0. The highest BCUT2D eigenvalue weighted by Gasteiger charge is 2.49. The molecule has 474 valence electrons. The van der Waals surface area contributed by atoms with Gasteiger partial charge in [-0.05, 0) is 245 Å². The van der Waals surface area contributed by atoms with Gasteiger partial charge in [0.15, 0.2) is 0 Å². The molecule has 0 saturated heterocycles. The average Bonchev–Trinajstić information content (AvgIpc) is 1.56. The molecule has 14 aromatic rings. The van der Waals surface area contributed by atoms with E-state index in [1.807, 2.05) is 109 Å². The Labute approximate surface area is 577 Å². The van der Waals surface area contributed by atoms with E-state index in [1.165, 1.54) is 21.5 Å². The molecule has 0 amide bonds. The second-order valence-corrected chi connectivity index (χ2v) is 30.6. The van der Waals surface area contributed by atoms with Crippen LogP contribution in [0.5, 0.6) is 23.0 Å². The molecule has 2 aliphatic carbocycles. The predicted molar refractivity (Wildman–Crippen MR) is 406 cm³/mol. The number of benzene rings is 14. The largest absolute Gasteiger partial charge is 0.457 e. The Balaban J connectivity index is 0.797. The van der Waals surface area contributed by atoms with E-state index >= 15 is 8.78 Å². The van der Waals surface area contributed by atoms with Gasteiger partial charge in [-0.1, -0.05) is 220 Å². The summed E-state index contributed by atoms with van der Waals surface area (Å²) in [6, 6.07) is 113. The number of halogens is 2. The van der Waals surface area contributed by atoms with Gasteiger partial charge >= 0.3 is 0 Å². The summed E-state index contributed by atoms with van der Waals surface area (Å²) in [5, 5.41) is 2.75. The van der Waals surface area contributed by atoms with Crippen LogP contribution in [0.15, 0.2) is 341 Å². The maximum Gasteiger partial charge on any atom is 0.127 e. The summed E-state index contributed by atoms with van der Waals surface area (Å²) in [4.78, 5) is 4.78. The number of rotatable bonds is 16. The molecule has 3 aliphatic rings. The lowest BCUT2D eigenvalue weighted by Crippen LogP contribution is -2.49. The summed E-state index contributed by atoms with van der Waals surface area (Å²) < 4.78 is 43.4. The first-order chi connectivity index (χ1) is 48.5. The highest BCUT2D eigenvalue weighted by molar-refractivity contribution is 7.03. The van der Waals surface area contributed by atoms with Gasteiger partial charge in [0, 0.05) is 34.1 Å². The van der Waals surface area contributed by atoms with Crippen LogP contribution < -0.4 is 29.6 Å². The fourth-order valence-corrected chi connectivity index (χ4v) is 19.1. The number of ether oxygens (including phenoxy) is 2. The Morgan fingerprint density at radius 1 is 0.293 bits per heavy atom. The van der Waals surface area contributed by atoms with E-state index in [9.17, 15) is 0 Å². The van der Waals surface area contributed by atoms with Crippen LogP contribution in [0, 0.1) is 11.6 Å². The Morgan fingerprint density at radius 2 is 0.596 bits per heavy atom. The Morgan fingerprint density at radius 3 is 0.960 bits per heavy atom. The number of nitrogens with zero attached hydrogens (tertiary/aromatic N) is 2. The molecule has 0 N–H and O–H groups in total. The van der Waals surface area contributed by atoms with E-state index in [-0.39, 0.29) is 11.6 Å². The minimum atomic E-state index is -2.29. The molecule has 0 spiro atoms. The molecule has 0 radical (unpaired) electrons. The van der Waals surface area contributed by atoms with Crippen molar-refractivity contribution in [3.05, 3.63) is 408 Å². The van der Waals surface area contributed by atoms with Crippen LogP contribution in [0.4, 0.5) is 42.9 Å². The van der Waals surface area contributed by atoms with E-state index in [0.29, 0.717) is 11.5 Å². The summed E-state index contributed by atoms with van der Waals surface area (Å²) in [5.41, 5.74) is 21.6. The summed E-state index contributed by atoms with van der Waals surface area (Å²) in [6.45, 7) is 12.8. The summed E-state index contributed by atoms with van der Waals surface area (Å²) >= 11 is 0. The summed E-state index contributed by atoms with van der Waals surface area (Å²) in [7, 11) is -2.29. The Hall–Kier alpha value is -12.2. The van der Waals surface area contributed by atoms with Gasteiger partial charge < -0.3 is 19.3 Å². The second kappa shape index (κ2) is 24.2.